The molecule has 0 spiro atoms. The van der Waals surface area contributed by atoms with Crippen LogP contribution in [0.4, 0.5) is 5.69 Å². The molecular formula is C16H27N3. The number of likely N-dealkylation sites (N-methyl/N-ethyl adjacent to an activating group) is 1. The summed E-state index contributed by atoms with van der Waals surface area (Å²) in [5, 5.41) is 0. The van der Waals surface area contributed by atoms with E-state index in [9.17, 15) is 0 Å². The van der Waals surface area contributed by atoms with E-state index in [0.717, 1.165) is 13.1 Å². The van der Waals surface area contributed by atoms with Crippen LogP contribution in [0.15, 0.2) is 18.2 Å². The quantitative estimate of drug-likeness (QED) is 0.885. The van der Waals surface area contributed by atoms with E-state index in [4.69, 9.17) is 5.73 Å². The van der Waals surface area contributed by atoms with E-state index < -0.39 is 0 Å². The molecule has 1 aliphatic heterocycles. The van der Waals surface area contributed by atoms with Crippen LogP contribution in [0, 0.1) is 13.8 Å². The number of benzene rings is 1. The fraction of sp³-hybridized carbons (Fsp3) is 0.625. The van der Waals surface area contributed by atoms with Crippen LogP contribution in [0.3, 0.4) is 0 Å². The number of nitrogens with zero attached hydrogens (tertiary/aromatic N) is 2. The van der Waals surface area contributed by atoms with Gasteiger partial charge in [-0.15, -0.1) is 0 Å². The molecule has 19 heavy (non-hydrogen) atoms. The van der Waals surface area contributed by atoms with E-state index in [0.29, 0.717) is 18.6 Å². The lowest BCUT2D eigenvalue weighted by molar-refractivity contribution is 0.256. The number of hydrogen-bond donors (Lipinski definition) is 1. The summed E-state index contributed by atoms with van der Waals surface area (Å²) in [6.45, 7) is 9.51. The second kappa shape index (κ2) is 5.93. The van der Waals surface area contributed by atoms with Crippen molar-refractivity contribution >= 4 is 5.69 Å². The van der Waals surface area contributed by atoms with Crippen molar-refractivity contribution in [2.75, 3.05) is 31.6 Å². The van der Waals surface area contributed by atoms with Crippen LogP contribution in [-0.4, -0.2) is 43.7 Å². The third kappa shape index (κ3) is 3.10. The topological polar surface area (TPSA) is 32.5 Å². The Labute approximate surface area is 117 Å². The van der Waals surface area contributed by atoms with E-state index in [-0.39, 0.29) is 0 Å². The van der Waals surface area contributed by atoms with Gasteiger partial charge in [-0.1, -0.05) is 12.1 Å². The van der Waals surface area contributed by atoms with Crippen molar-refractivity contribution in [2.45, 2.75) is 39.3 Å². The highest BCUT2D eigenvalue weighted by molar-refractivity contribution is 5.56. The summed E-state index contributed by atoms with van der Waals surface area (Å²) < 4.78 is 0. The van der Waals surface area contributed by atoms with E-state index >= 15 is 0 Å². The Morgan fingerprint density at radius 3 is 2.74 bits per heavy atom. The maximum atomic E-state index is 6.03. The molecule has 1 aliphatic rings. The standard InChI is InChI=1S/C16H27N3/c1-12-5-6-13(2)16(9-12)19-8-7-14(3)18(4)11-15(19)10-17/h5-6,9,14-15H,7-8,10-11,17H2,1-4H3. The Morgan fingerprint density at radius 2 is 2.05 bits per heavy atom. The van der Waals surface area contributed by atoms with Crippen LogP contribution < -0.4 is 10.6 Å². The van der Waals surface area contributed by atoms with E-state index in [2.05, 4.69) is 55.8 Å². The highest BCUT2D eigenvalue weighted by atomic mass is 15.3. The molecule has 0 aliphatic carbocycles. The lowest BCUT2D eigenvalue weighted by Crippen LogP contribution is -2.46. The van der Waals surface area contributed by atoms with E-state index in [1.165, 1.54) is 23.2 Å². The average molecular weight is 261 g/mol. The Kier molecular flexibility index (Phi) is 4.48. The van der Waals surface area contributed by atoms with Gasteiger partial charge >= 0.3 is 0 Å². The van der Waals surface area contributed by atoms with Crippen LogP contribution in [0.5, 0.6) is 0 Å². The van der Waals surface area contributed by atoms with Crippen molar-refractivity contribution < 1.29 is 0 Å². The van der Waals surface area contributed by atoms with Crippen LogP contribution in [0.1, 0.15) is 24.5 Å². The van der Waals surface area contributed by atoms with Crippen molar-refractivity contribution in [3.05, 3.63) is 29.3 Å². The SMILES string of the molecule is Cc1ccc(C)c(N2CCC(C)N(C)CC2CN)c1. The van der Waals surface area contributed by atoms with Gasteiger partial charge in [-0.25, -0.2) is 0 Å². The normalized spacial score (nSPS) is 25.4. The third-order valence-electron chi connectivity index (χ3n) is 4.43. The van der Waals surface area contributed by atoms with Gasteiger partial charge in [-0.3, -0.25) is 0 Å². The van der Waals surface area contributed by atoms with Gasteiger partial charge < -0.3 is 15.5 Å². The lowest BCUT2D eigenvalue weighted by atomic mass is 10.1. The minimum absolute atomic E-state index is 0.412. The molecule has 0 saturated carbocycles. The molecule has 0 aromatic heterocycles. The summed E-state index contributed by atoms with van der Waals surface area (Å²) >= 11 is 0. The fourth-order valence-electron chi connectivity index (χ4n) is 2.89. The van der Waals surface area contributed by atoms with E-state index in [1.54, 1.807) is 0 Å². The minimum Gasteiger partial charge on any atom is -0.366 e. The molecule has 2 atom stereocenters. The molecule has 0 bridgehead atoms. The molecule has 1 saturated heterocycles. The molecule has 3 heteroatoms. The molecule has 2 unspecified atom stereocenters. The van der Waals surface area contributed by atoms with Crippen molar-refractivity contribution in [1.29, 1.82) is 0 Å². The number of aryl methyl sites for hydroxylation is 2. The molecule has 1 aromatic carbocycles. The molecule has 1 fully saturated rings. The number of anilines is 1. The Bertz CT molecular complexity index is 430. The molecular weight excluding hydrogens is 234 g/mol. The molecule has 2 rings (SSSR count). The smallest absolute Gasteiger partial charge is 0.0539 e. The van der Waals surface area contributed by atoms with Crippen molar-refractivity contribution in [3.8, 4) is 0 Å². The first kappa shape index (κ1) is 14.4. The largest absolute Gasteiger partial charge is 0.366 e. The van der Waals surface area contributed by atoms with Crippen LogP contribution in [0.25, 0.3) is 0 Å². The third-order valence-corrected chi connectivity index (χ3v) is 4.43. The predicted octanol–water partition coefficient (Wildman–Crippen LogP) is 2.16. The van der Waals surface area contributed by atoms with Crippen molar-refractivity contribution in [3.63, 3.8) is 0 Å². The number of hydrogen-bond acceptors (Lipinski definition) is 3. The van der Waals surface area contributed by atoms with Gasteiger partial charge in [0.05, 0.1) is 6.04 Å². The number of rotatable bonds is 2. The summed E-state index contributed by atoms with van der Waals surface area (Å²) in [5.74, 6) is 0. The molecule has 1 heterocycles. The summed E-state index contributed by atoms with van der Waals surface area (Å²) in [5.41, 5.74) is 10.1. The van der Waals surface area contributed by atoms with Gasteiger partial charge in [0.25, 0.3) is 0 Å². The first-order chi connectivity index (χ1) is 9.02. The second-order valence-electron chi connectivity index (χ2n) is 5.95. The molecule has 1 aromatic rings. The Balaban J connectivity index is 2.32. The van der Waals surface area contributed by atoms with Gasteiger partial charge in [-0.05, 0) is 51.4 Å². The molecule has 2 N–H and O–H groups in total. The molecule has 106 valence electrons. The maximum absolute atomic E-state index is 6.03. The maximum Gasteiger partial charge on any atom is 0.0539 e. The molecule has 0 radical (unpaired) electrons. The van der Waals surface area contributed by atoms with Gasteiger partial charge in [-0.2, -0.15) is 0 Å². The van der Waals surface area contributed by atoms with Crippen LogP contribution in [0.2, 0.25) is 0 Å². The summed E-state index contributed by atoms with van der Waals surface area (Å²) in [6, 6.07) is 7.74. The zero-order chi connectivity index (χ0) is 14.0. The second-order valence-corrected chi connectivity index (χ2v) is 5.95. The van der Waals surface area contributed by atoms with Gasteiger partial charge in [0.2, 0.25) is 0 Å². The number of nitrogens with two attached hydrogens (primary N) is 1. The zero-order valence-corrected chi connectivity index (χ0v) is 12.7. The molecule has 0 amide bonds. The van der Waals surface area contributed by atoms with Gasteiger partial charge in [0.1, 0.15) is 0 Å². The van der Waals surface area contributed by atoms with Crippen LogP contribution in [-0.2, 0) is 0 Å². The van der Waals surface area contributed by atoms with Crippen molar-refractivity contribution in [2.24, 2.45) is 5.73 Å². The Morgan fingerprint density at radius 1 is 1.32 bits per heavy atom. The summed E-state index contributed by atoms with van der Waals surface area (Å²) in [7, 11) is 2.21. The fourth-order valence-corrected chi connectivity index (χ4v) is 2.89. The average Bonchev–Trinajstić information content (AvgIpc) is 2.53. The van der Waals surface area contributed by atoms with Crippen LogP contribution >= 0.6 is 0 Å². The lowest BCUT2D eigenvalue weighted by Gasteiger charge is -2.33. The first-order valence-electron chi connectivity index (χ1n) is 7.27. The predicted molar refractivity (Wildman–Crippen MR) is 82.8 cm³/mol. The van der Waals surface area contributed by atoms with E-state index in [1.807, 2.05) is 0 Å². The molecule has 3 nitrogen and oxygen atoms in total. The van der Waals surface area contributed by atoms with Crippen molar-refractivity contribution in [1.82, 2.24) is 4.90 Å². The summed E-state index contributed by atoms with van der Waals surface area (Å²) in [6.07, 6.45) is 1.19. The highest BCUT2D eigenvalue weighted by Crippen LogP contribution is 2.26. The zero-order valence-electron chi connectivity index (χ0n) is 12.7. The first-order valence-corrected chi connectivity index (χ1v) is 7.27. The van der Waals surface area contributed by atoms with Gasteiger partial charge in [0.15, 0.2) is 0 Å². The van der Waals surface area contributed by atoms with Gasteiger partial charge in [0, 0.05) is 31.4 Å². The summed E-state index contributed by atoms with van der Waals surface area (Å²) in [4.78, 5) is 4.95. The highest BCUT2D eigenvalue weighted by Gasteiger charge is 2.26. The minimum atomic E-state index is 0.412. The Hall–Kier alpha value is -1.06. The monoisotopic (exact) mass is 261 g/mol.